The second kappa shape index (κ2) is 7.09. The van der Waals surface area contributed by atoms with E-state index >= 15 is 0 Å². The highest BCUT2D eigenvalue weighted by Gasteiger charge is 2.29. The van der Waals surface area contributed by atoms with Crippen LogP contribution in [0.3, 0.4) is 0 Å². The van der Waals surface area contributed by atoms with Gasteiger partial charge in [0.2, 0.25) is 5.91 Å². The third-order valence-electron chi connectivity index (χ3n) is 4.93. The smallest absolute Gasteiger partial charge is 0.258 e. The topological polar surface area (TPSA) is 74.3 Å². The zero-order valence-electron chi connectivity index (χ0n) is 16.4. The van der Waals surface area contributed by atoms with Crippen LogP contribution in [-0.4, -0.2) is 16.1 Å². The van der Waals surface area contributed by atoms with Crippen LogP contribution in [-0.2, 0) is 6.54 Å². The molecule has 2 aromatic carbocycles. The molecular formula is C24H22N2O3. The number of ether oxygens (including phenoxy) is 1. The summed E-state index contributed by atoms with van der Waals surface area (Å²) in [5, 5.41) is 0. The Balaban J connectivity index is 1.85. The summed E-state index contributed by atoms with van der Waals surface area (Å²) in [6, 6.07) is 18.6. The van der Waals surface area contributed by atoms with Gasteiger partial charge in [-0.15, -0.1) is 0 Å². The minimum atomic E-state index is -0.594. The number of pyridine rings is 1. The monoisotopic (exact) mass is 386 g/mol. The zero-order valence-corrected chi connectivity index (χ0v) is 16.4. The molecule has 0 spiro atoms. The summed E-state index contributed by atoms with van der Waals surface area (Å²) >= 11 is 0. The average Bonchev–Trinajstić information content (AvgIpc) is 2.69. The number of benzene rings is 2. The first-order valence-electron chi connectivity index (χ1n) is 9.44. The lowest BCUT2D eigenvalue weighted by Gasteiger charge is -2.31. The molecular weight excluding hydrogens is 364 g/mol. The molecule has 0 radical (unpaired) electrons. The summed E-state index contributed by atoms with van der Waals surface area (Å²) < 4.78 is 7.72. The van der Waals surface area contributed by atoms with Crippen molar-refractivity contribution < 1.29 is 9.53 Å². The van der Waals surface area contributed by atoms with Gasteiger partial charge in [-0.3, -0.25) is 9.59 Å². The van der Waals surface area contributed by atoms with Crippen LogP contribution in [0.2, 0.25) is 0 Å². The molecule has 29 heavy (non-hydrogen) atoms. The highest BCUT2D eigenvalue weighted by molar-refractivity contribution is 5.95. The summed E-state index contributed by atoms with van der Waals surface area (Å²) in [7, 11) is 0. The van der Waals surface area contributed by atoms with Crippen LogP contribution >= 0.6 is 0 Å². The van der Waals surface area contributed by atoms with E-state index in [2.05, 4.69) is 0 Å². The number of amides is 1. The summed E-state index contributed by atoms with van der Waals surface area (Å²) in [5.41, 5.74) is 8.17. The van der Waals surface area contributed by atoms with Crippen LogP contribution in [0, 0.1) is 0 Å². The van der Waals surface area contributed by atoms with E-state index in [1.54, 1.807) is 35.0 Å². The third kappa shape index (κ3) is 3.72. The number of hydrogen-bond acceptors (Lipinski definition) is 3. The number of fused-ring (bicyclic) bond motifs is 1. The maximum absolute atomic E-state index is 13.3. The Morgan fingerprint density at radius 1 is 1.03 bits per heavy atom. The van der Waals surface area contributed by atoms with Gasteiger partial charge in [-0.25, -0.2) is 0 Å². The van der Waals surface area contributed by atoms with E-state index in [0.717, 1.165) is 11.1 Å². The van der Waals surface area contributed by atoms with Crippen LogP contribution in [0.15, 0.2) is 77.7 Å². The quantitative estimate of drug-likeness (QED) is 0.744. The normalized spacial score (nSPS) is 14.5. The number of nitrogens with zero attached hydrogens (tertiary/aromatic N) is 1. The molecule has 0 unspecified atom stereocenters. The van der Waals surface area contributed by atoms with E-state index in [0.29, 0.717) is 29.0 Å². The van der Waals surface area contributed by atoms with Crippen LogP contribution in [0.1, 0.15) is 40.9 Å². The standard InChI is InChI=1S/C24H22N2O3/c1-24(2)14-20(19-13-17(22(25)27)10-11-21(19)29-24)18-9-6-12-26(23(18)28)15-16-7-4-3-5-8-16/h3-14H,15H2,1-2H3,(H2,25,27). The molecule has 1 aromatic heterocycles. The fourth-order valence-electron chi connectivity index (χ4n) is 3.59. The lowest BCUT2D eigenvalue weighted by Crippen LogP contribution is -2.31. The zero-order chi connectivity index (χ0) is 20.6. The number of hydrogen-bond donors (Lipinski definition) is 1. The van der Waals surface area contributed by atoms with E-state index < -0.39 is 11.5 Å². The van der Waals surface area contributed by atoms with Gasteiger partial charge in [0.05, 0.1) is 6.54 Å². The van der Waals surface area contributed by atoms with Gasteiger partial charge >= 0.3 is 0 Å². The fraction of sp³-hybridized carbons (Fsp3) is 0.167. The van der Waals surface area contributed by atoms with Gasteiger partial charge in [-0.1, -0.05) is 30.3 Å². The fourth-order valence-corrected chi connectivity index (χ4v) is 3.59. The molecule has 0 saturated carbocycles. The predicted octanol–water partition coefficient (Wildman–Crippen LogP) is 3.60. The molecule has 5 nitrogen and oxygen atoms in total. The Hall–Kier alpha value is -3.60. The molecule has 1 amide bonds. The van der Waals surface area contributed by atoms with Crippen molar-refractivity contribution in [3.05, 3.63) is 106 Å². The number of rotatable bonds is 4. The predicted molar refractivity (Wildman–Crippen MR) is 113 cm³/mol. The van der Waals surface area contributed by atoms with Crippen molar-refractivity contribution in [1.82, 2.24) is 4.57 Å². The number of primary amides is 1. The molecule has 0 saturated heterocycles. The SMILES string of the molecule is CC1(C)C=C(c2cccn(Cc3ccccc3)c2=O)c2cc(C(N)=O)ccc2O1. The maximum atomic E-state index is 13.3. The molecule has 2 N–H and O–H groups in total. The van der Waals surface area contributed by atoms with E-state index in [1.807, 2.05) is 56.3 Å². The Morgan fingerprint density at radius 3 is 2.52 bits per heavy atom. The lowest BCUT2D eigenvalue weighted by molar-refractivity contribution is 0.1000. The van der Waals surface area contributed by atoms with Gasteiger partial charge in [0.15, 0.2) is 0 Å². The van der Waals surface area contributed by atoms with Crippen molar-refractivity contribution in [2.24, 2.45) is 5.73 Å². The number of aromatic nitrogens is 1. The van der Waals surface area contributed by atoms with Gasteiger partial charge in [0.1, 0.15) is 11.4 Å². The first kappa shape index (κ1) is 18.7. The minimum absolute atomic E-state index is 0.101. The number of carbonyl (C=O) groups excluding carboxylic acids is 1. The van der Waals surface area contributed by atoms with Gasteiger partial charge in [0, 0.05) is 22.9 Å². The molecule has 0 fully saturated rings. The Labute approximate surface area is 169 Å². The summed E-state index contributed by atoms with van der Waals surface area (Å²) in [5.74, 6) is 0.0990. The molecule has 0 atom stereocenters. The van der Waals surface area contributed by atoms with Crippen molar-refractivity contribution in [1.29, 1.82) is 0 Å². The first-order valence-corrected chi connectivity index (χ1v) is 9.44. The molecule has 0 bridgehead atoms. The van der Waals surface area contributed by atoms with E-state index in [-0.39, 0.29) is 5.56 Å². The van der Waals surface area contributed by atoms with Gasteiger partial charge in [-0.2, -0.15) is 0 Å². The molecule has 5 heteroatoms. The Morgan fingerprint density at radius 2 is 1.79 bits per heavy atom. The molecule has 2 heterocycles. The average molecular weight is 386 g/mol. The Bertz CT molecular complexity index is 1170. The highest BCUT2D eigenvalue weighted by atomic mass is 16.5. The van der Waals surface area contributed by atoms with Crippen LogP contribution < -0.4 is 16.0 Å². The Kier molecular flexibility index (Phi) is 4.59. The molecule has 4 rings (SSSR count). The van der Waals surface area contributed by atoms with Crippen LogP contribution in [0.5, 0.6) is 5.75 Å². The second-order valence-electron chi connectivity index (χ2n) is 7.68. The lowest BCUT2D eigenvalue weighted by atomic mass is 9.89. The molecule has 3 aromatic rings. The molecule has 1 aliphatic rings. The van der Waals surface area contributed by atoms with Gasteiger partial charge in [0.25, 0.3) is 5.56 Å². The van der Waals surface area contributed by atoms with Crippen molar-refractivity contribution in [3.63, 3.8) is 0 Å². The van der Waals surface area contributed by atoms with Crippen molar-refractivity contribution in [2.75, 3.05) is 0 Å². The van der Waals surface area contributed by atoms with Crippen LogP contribution in [0.25, 0.3) is 5.57 Å². The van der Waals surface area contributed by atoms with Gasteiger partial charge in [-0.05, 0) is 61.4 Å². The van der Waals surface area contributed by atoms with Crippen LogP contribution in [0.4, 0.5) is 0 Å². The molecule has 1 aliphatic heterocycles. The second-order valence-corrected chi connectivity index (χ2v) is 7.68. The minimum Gasteiger partial charge on any atom is -0.483 e. The number of nitrogens with two attached hydrogens (primary N) is 1. The number of carbonyl (C=O) groups is 1. The van der Waals surface area contributed by atoms with Crippen molar-refractivity contribution >= 4 is 11.5 Å². The maximum Gasteiger partial charge on any atom is 0.258 e. The molecule has 146 valence electrons. The third-order valence-corrected chi connectivity index (χ3v) is 4.93. The first-order chi connectivity index (χ1) is 13.8. The summed E-state index contributed by atoms with van der Waals surface area (Å²) in [4.78, 5) is 25.0. The van der Waals surface area contributed by atoms with E-state index in [9.17, 15) is 9.59 Å². The van der Waals surface area contributed by atoms with Gasteiger partial charge < -0.3 is 15.0 Å². The summed E-state index contributed by atoms with van der Waals surface area (Å²) in [6.45, 7) is 4.35. The highest BCUT2D eigenvalue weighted by Crippen LogP contribution is 2.39. The van der Waals surface area contributed by atoms with E-state index in [1.165, 1.54) is 0 Å². The molecule has 0 aliphatic carbocycles. The summed E-state index contributed by atoms with van der Waals surface area (Å²) in [6.07, 6.45) is 3.70. The van der Waals surface area contributed by atoms with E-state index in [4.69, 9.17) is 10.5 Å². The van der Waals surface area contributed by atoms with Crippen molar-refractivity contribution in [3.8, 4) is 5.75 Å². The largest absolute Gasteiger partial charge is 0.483 e. The van der Waals surface area contributed by atoms with Crippen molar-refractivity contribution in [2.45, 2.75) is 26.0 Å².